The minimum Gasteiger partial charge on any atom is -0.354 e. The summed E-state index contributed by atoms with van der Waals surface area (Å²) in [4.78, 5) is 8.81. The molecule has 4 nitrogen and oxygen atoms in total. The van der Waals surface area contributed by atoms with E-state index in [0.717, 1.165) is 36.8 Å². The summed E-state index contributed by atoms with van der Waals surface area (Å²) in [6.07, 6.45) is 5.38. The van der Waals surface area contributed by atoms with E-state index in [1.165, 1.54) is 25.7 Å². The van der Waals surface area contributed by atoms with Crippen molar-refractivity contribution in [3.05, 3.63) is 16.4 Å². The second kappa shape index (κ2) is 4.78. The summed E-state index contributed by atoms with van der Waals surface area (Å²) in [5, 5.41) is 7.15. The highest BCUT2D eigenvalue weighted by atomic mass is 35.5. The summed E-state index contributed by atoms with van der Waals surface area (Å²) in [5.41, 5.74) is 2.09. The Labute approximate surface area is 106 Å². The van der Waals surface area contributed by atoms with Gasteiger partial charge >= 0.3 is 0 Å². The molecule has 0 bridgehead atoms. The molecule has 0 saturated heterocycles. The van der Waals surface area contributed by atoms with Crippen molar-refractivity contribution in [2.75, 3.05) is 11.9 Å². The molecule has 0 unspecified atom stereocenters. The molecule has 0 radical (unpaired) electrons. The Morgan fingerprint density at radius 3 is 2.88 bits per heavy atom. The first kappa shape index (κ1) is 11.2. The Morgan fingerprint density at radius 1 is 1.24 bits per heavy atom. The fraction of sp³-hybridized carbons (Fsp3) is 0.667. The fourth-order valence-corrected chi connectivity index (χ4v) is 2.91. The molecule has 92 valence electrons. The van der Waals surface area contributed by atoms with E-state index in [-0.39, 0.29) is 0 Å². The molecular weight excluding hydrogens is 236 g/mol. The normalized spacial score (nSPS) is 19.6. The summed E-state index contributed by atoms with van der Waals surface area (Å²) in [7, 11) is 0. The van der Waals surface area contributed by atoms with E-state index in [4.69, 9.17) is 11.6 Å². The van der Waals surface area contributed by atoms with Crippen LogP contribution in [0.1, 0.15) is 36.9 Å². The molecule has 1 aromatic rings. The van der Waals surface area contributed by atoms with E-state index < -0.39 is 0 Å². The van der Waals surface area contributed by atoms with Crippen molar-refractivity contribution in [1.29, 1.82) is 0 Å². The summed E-state index contributed by atoms with van der Waals surface area (Å²) < 4.78 is 0. The van der Waals surface area contributed by atoms with E-state index in [0.29, 0.717) is 11.1 Å². The van der Waals surface area contributed by atoms with E-state index in [2.05, 4.69) is 20.6 Å². The van der Waals surface area contributed by atoms with Gasteiger partial charge in [-0.2, -0.15) is 0 Å². The van der Waals surface area contributed by atoms with Gasteiger partial charge in [-0.15, -0.1) is 0 Å². The number of fused-ring (bicyclic) bond motifs is 1. The molecule has 3 rings (SSSR count). The van der Waals surface area contributed by atoms with Gasteiger partial charge in [0, 0.05) is 25.2 Å². The molecule has 5 heteroatoms. The predicted octanol–water partition coefficient (Wildman–Crippen LogP) is 2.34. The maximum absolute atomic E-state index is 6.14. The molecule has 2 N–H and O–H groups in total. The van der Waals surface area contributed by atoms with Crippen LogP contribution in [0.5, 0.6) is 0 Å². The number of aromatic nitrogens is 2. The Kier molecular flexibility index (Phi) is 3.16. The van der Waals surface area contributed by atoms with Gasteiger partial charge in [0.05, 0.1) is 5.69 Å². The van der Waals surface area contributed by atoms with Crippen molar-refractivity contribution >= 4 is 17.5 Å². The van der Waals surface area contributed by atoms with Crippen LogP contribution in [0.3, 0.4) is 0 Å². The molecule has 1 fully saturated rings. The van der Waals surface area contributed by atoms with Crippen molar-refractivity contribution < 1.29 is 0 Å². The molecule has 0 atom stereocenters. The first-order valence-corrected chi connectivity index (χ1v) is 6.70. The molecule has 17 heavy (non-hydrogen) atoms. The summed E-state index contributed by atoms with van der Waals surface area (Å²) >= 11 is 6.14. The molecule has 0 aromatic carbocycles. The molecule has 0 spiro atoms. The van der Waals surface area contributed by atoms with Gasteiger partial charge in [-0.1, -0.05) is 24.4 Å². The number of nitrogens with zero attached hydrogens (tertiary/aromatic N) is 2. The summed E-state index contributed by atoms with van der Waals surface area (Å²) in [6.45, 7) is 2.56. The number of hydrogen-bond acceptors (Lipinski definition) is 4. The van der Waals surface area contributed by atoms with Crippen LogP contribution >= 0.6 is 11.6 Å². The lowest BCUT2D eigenvalue weighted by atomic mass is 10.1. The quantitative estimate of drug-likeness (QED) is 0.811. The topological polar surface area (TPSA) is 49.8 Å². The Hall–Kier alpha value is -0.870. The number of anilines is 1. The molecule has 2 aliphatic rings. The van der Waals surface area contributed by atoms with E-state index in [1.54, 1.807) is 0 Å². The zero-order chi connectivity index (χ0) is 11.7. The first-order chi connectivity index (χ1) is 8.33. The highest BCUT2D eigenvalue weighted by Gasteiger charge is 2.19. The van der Waals surface area contributed by atoms with Crippen LogP contribution in [-0.2, 0) is 13.1 Å². The van der Waals surface area contributed by atoms with Crippen molar-refractivity contribution in [3.63, 3.8) is 0 Å². The number of hydrogen-bond donors (Lipinski definition) is 2. The third kappa shape index (κ3) is 2.38. The van der Waals surface area contributed by atoms with Crippen molar-refractivity contribution in [3.8, 4) is 0 Å². The fourth-order valence-electron chi connectivity index (χ4n) is 2.66. The average molecular weight is 253 g/mol. The highest BCUT2D eigenvalue weighted by molar-refractivity contribution is 6.30. The Bertz CT molecular complexity index is 415. The van der Waals surface area contributed by atoms with Gasteiger partial charge in [-0.3, -0.25) is 0 Å². The zero-order valence-corrected chi connectivity index (χ0v) is 10.6. The maximum Gasteiger partial charge on any atom is 0.224 e. The van der Waals surface area contributed by atoms with Crippen LogP contribution in [-0.4, -0.2) is 16.5 Å². The van der Waals surface area contributed by atoms with Gasteiger partial charge < -0.3 is 10.6 Å². The first-order valence-electron chi connectivity index (χ1n) is 6.33. The number of nitrogens with one attached hydrogen (secondary N) is 2. The van der Waals surface area contributed by atoms with Crippen LogP contribution in [0, 0.1) is 5.92 Å². The monoisotopic (exact) mass is 252 g/mol. The molecule has 1 aliphatic heterocycles. The molecule has 1 aromatic heterocycles. The van der Waals surface area contributed by atoms with Crippen molar-refractivity contribution in [2.45, 2.75) is 38.8 Å². The molecule has 1 saturated carbocycles. The number of halogens is 1. The number of rotatable bonds is 3. The third-order valence-corrected chi connectivity index (χ3v) is 3.97. The Morgan fingerprint density at radius 2 is 2.06 bits per heavy atom. The van der Waals surface area contributed by atoms with Gasteiger partial charge in [-0.25, -0.2) is 9.97 Å². The second-order valence-electron chi connectivity index (χ2n) is 4.90. The lowest BCUT2D eigenvalue weighted by molar-refractivity contribution is 0.577. The van der Waals surface area contributed by atoms with Crippen LogP contribution in [0.25, 0.3) is 0 Å². The largest absolute Gasteiger partial charge is 0.354 e. The lowest BCUT2D eigenvalue weighted by Gasteiger charge is -2.11. The average Bonchev–Trinajstić information content (AvgIpc) is 2.97. The van der Waals surface area contributed by atoms with Gasteiger partial charge in [0.1, 0.15) is 5.15 Å². The zero-order valence-electron chi connectivity index (χ0n) is 9.80. The maximum atomic E-state index is 6.14. The second-order valence-corrected chi connectivity index (χ2v) is 5.26. The van der Waals surface area contributed by atoms with Crippen LogP contribution in [0.4, 0.5) is 5.95 Å². The van der Waals surface area contributed by atoms with Gasteiger partial charge in [0.15, 0.2) is 0 Å². The SMILES string of the molecule is Clc1nc(NCC2CCCC2)nc2c1CNC2. The third-order valence-electron chi connectivity index (χ3n) is 3.66. The molecule has 0 amide bonds. The van der Waals surface area contributed by atoms with E-state index in [1.807, 2.05) is 0 Å². The molecular formula is C12H17ClN4. The molecule has 1 aliphatic carbocycles. The predicted molar refractivity (Wildman–Crippen MR) is 68.0 cm³/mol. The lowest BCUT2D eigenvalue weighted by Crippen LogP contribution is -2.14. The van der Waals surface area contributed by atoms with Crippen molar-refractivity contribution in [1.82, 2.24) is 15.3 Å². The van der Waals surface area contributed by atoms with Crippen LogP contribution < -0.4 is 10.6 Å². The molecule has 2 heterocycles. The van der Waals surface area contributed by atoms with E-state index in [9.17, 15) is 0 Å². The smallest absolute Gasteiger partial charge is 0.224 e. The van der Waals surface area contributed by atoms with Crippen LogP contribution in [0.15, 0.2) is 0 Å². The van der Waals surface area contributed by atoms with Crippen LogP contribution in [0.2, 0.25) is 5.15 Å². The van der Waals surface area contributed by atoms with Gasteiger partial charge in [0.2, 0.25) is 5.95 Å². The standard InChI is InChI=1S/C12H17ClN4/c13-11-9-6-14-7-10(9)16-12(17-11)15-5-8-3-1-2-4-8/h8,14H,1-7H2,(H,15,16,17). The minimum absolute atomic E-state index is 0.592. The van der Waals surface area contributed by atoms with E-state index >= 15 is 0 Å². The summed E-state index contributed by atoms with van der Waals surface area (Å²) in [6, 6.07) is 0. The minimum atomic E-state index is 0.592. The van der Waals surface area contributed by atoms with Gasteiger partial charge in [0.25, 0.3) is 0 Å². The summed E-state index contributed by atoms with van der Waals surface area (Å²) in [5.74, 6) is 1.47. The highest BCUT2D eigenvalue weighted by Crippen LogP contribution is 2.26. The van der Waals surface area contributed by atoms with Crippen molar-refractivity contribution in [2.24, 2.45) is 5.92 Å². The van der Waals surface area contributed by atoms with Gasteiger partial charge in [-0.05, 0) is 18.8 Å². The Balaban J connectivity index is 1.68.